The highest BCUT2D eigenvalue weighted by molar-refractivity contribution is 6.08. The van der Waals surface area contributed by atoms with Crippen LogP contribution in [0.2, 0.25) is 0 Å². The number of carboxylic acid groups (broad SMARTS) is 1. The topological polar surface area (TPSA) is 104 Å². The number of H-pyrrole nitrogens is 1. The molecule has 122 valence electrons. The van der Waals surface area contributed by atoms with Crippen molar-refractivity contribution in [2.75, 3.05) is 6.54 Å². The second-order valence-corrected chi connectivity index (χ2v) is 5.51. The zero-order valence-electron chi connectivity index (χ0n) is 13.0. The average Bonchev–Trinajstić information content (AvgIpc) is 3.34. The van der Waals surface area contributed by atoms with E-state index in [1.807, 2.05) is 48.5 Å². The van der Waals surface area contributed by atoms with Gasteiger partial charge in [0.15, 0.2) is 5.69 Å². The molecule has 0 amide bonds. The number of aliphatic imine (C=N–C) groups is 2. The summed E-state index contributed by atoms with van der Waals surface area (Å²) in [6.07, 6.45) is 1.58. The van der Waals surface area contributed by atoms with Crippen molar-refractivity contribution in [3.8, 4) is 22.4 Å². The van der Waals surface area contributed by atoms with Crippen LogP contribution in [0.25, 0.3) is 22.4 Å². The van der Waals surface area contributed by atoms with E-state index in [-0.39, 0.29) is 5.69 Å². The third-order valence-electron chi connectivity index (χ3n) is 4.00. The minimum absolute atomic E-state index is 0.0864. The number of hydrogen-bond donors (Lipinski definition) is 2. The molecule has 0 radical (unpaired) electrons. The number of hydrogen-bond acceptors (Lipinski definition) is 5. The number of nitrogens with one attached hydrogen (secondary N) is 1. The molecule has 0 saturated carbocycles. The van der Waals surface area contributed by atoms with E-state index in [0.717, 1.165) is 22.4 Å². The lowest BCUT2D eigenvalue weighted by atomic mass is 10.00. The van der Waals surface area contributed by atoms with E-state index >= 15 is 0 Å². The van der Waals surface area contributed by atoms with Gasteiger partial charge in [-0.2, -0.15) is 10.3 Å². The molecule has 0 unspecified atom stereocenters. The monoisotopic (exact) mass is 331 g/mol. The summed E-state index contributed by atoms with van der Waals surface area (Å²) >= 11 is 0. The molecule has 0 bridgehead atoms. The van der Waals surface area contributed by atoms with Crippen LogP contribution >= 0.6 is 0 Å². The van der Waals surface area contributed by atoms with Gasteiger partial charge < -0.3 is 5.11 Å². The first-order chi connectivity index (χ1) is 12.2. The zero-order valence-corrected chi connectivity index (χ0v) is 13.0. The number of carbonyl (C=O) groups is 1. The molecule has 25 heavy (non-hydrogen) atoms. The molecule has 1 aliphatic heterocycles. The molecular formula is C18H13N5O2. The number of benzene rings is 2. The van der Waals surface area contributed by atoms with E-state index in [0.29, 0.717) is 17.8 Å². The van der Waals surface area contributed by atoms with Crippen molar-refractivity contribution in [2.24, 2.45) is 9.98 Å². The van der Waals surface area contributed by atoms with Crippen LogP contribution in [0.15, 0.2) is 58.5 Å². The standard InChI is InChI=1S/C18H13N5O2/c24-18(25)17-16(21-23-22-17)14-7-3-12(4-8-14)11-1-5-13(6-2-11)15-9-19-10-20-15/h1-8,10H,9H2,(H,24,25)(H,21,22,23). The lowest BCUT2D eigenvalue weighted by molar-refractivity contribution is 0.0691. The Hall–Kier alpha value is -3.61. The van der Waals surface area contributed by atoms with E-state index < -0.39 is 5.97 Å². The quantitative estimate of drug-likeness (QED) is 0.767. The van der Waals surface area contributed by atoms with Gasteiger partial charge in [0.05, 0.1) is 12.3 Å². The Bertz CT molecular complexity index is 985. The summed E-state index contributed by atoms with van der Waals surface area (Å²) in [7, 11) is 0. The molecule has 7 nitrogen and oxygen atoms in total. The van der Waals surface area contributed by atoms with Gasteiger partial charge in [-0.15, -0.1) is 5.10 Å². The van der Waals surface area contributed by atoms with Crippen molar-refractivity contribution in [1.82, 2.24) is 15.4 Å². The maximum absolute atomic E-state index is 11.1. The molecular weight excluding hydrogens is 318 g/mol. The summed E-state index contributed by atoms with van der Waals surface area (Å²) in [6, 6.07) is 15.6. The zero-order chi connectivity index (χ0) is 17.2. The molecule has 0 fully saturated rings. The Morgan fingerprint density at radius 2 is 1.48 bits per heavy atom. The second kappa shape index (κ2) is 6.12. The SMILES string of the molecule is O=C(O)c1n[nH]nc1-c1ccc(-c2ccc(C3=NC=NC3)cc2)cc1. The molecule has 2 aromatic carbocycles. The lowest BCUT2D eigenvalue weighted by Crippen LogP contribution is -2.01. The molecule has 0 spiro atoms. The Kier molecular flexibility index (Phi) is 3.66. The normalized spacial score (nSPS) is 13.0. The smallest absolute Gasteiger partial charge is 0.358 e. The van der Waals surface area contributed by atoms with Crippen LogP contribution in [0.5, 0.6) is 0 Å². The summed E-state index contributed by atoms with van der Waals surface area (Å²) < 4.78 is 0. The van der Waals surface area contributed by atoms with Gasteiger partial charge >= 0.3 is 5.97 Å². The largest absolute Gasteiger partial charge is 0.476 e. The van der Waals surface area contributed by atoms with Gasteiger partial charge in [0.2, 0.25) is 0 Å². The maximum Gasteiger partial charge on any atom is 0.358 e. The van der Waals surface area contributed by atoms with Crippen LogP contribution in [0.4, 0.5) is 0 Å². The summed E-state index contributed by atoms with van der Waals surface area (Å²) in [5.74, 6) is -1.11. The first kappa shape index (κ1) is 14.9. The fourth-order valence-corrected chi connectivity index (χ4v) is 2.70. The molecule has 4 rings (SSSR count). The molecule has 7 heteroatoms. The van der Waals surface area contributed by atoms with Crippen LogP contribution < -0.4 is 0 Å². The molecule has 3 aromatic rings. The highest BCUT2D eigenvalue weighted by Crippen LogP contribution is 2.25. The molecule has 2 N–H and O–H groups in total. The van der Waals surface area contributed by atoms with Gasteiger partial charge in [-0.3, -0.25) is 4.99 Å². The lowest BCUT2D eigenvalue weighted by Gasteiger charge is -2.05. The summed E-state index contributed by atoms with van der Waals surface area (Å²) in [4.78, 5) is 19.5. The second-order valence-electron chi connectivity index (χ2n) is 5.51. The fraction of sp³-hybridized carbons (Fsp3) is 0.0556. The van der Waals surface area contributed by atoms with E-state index in [2.05, 4.69) is 25.4 Å². The fourth-order valence-electron chi connectivity index (χ4n) is 2.70. The van der Waals surface area contributed by atoms with Crippen LogP contribution in [-0.4, -0.2) is 45.1 Å². The molecule has 2 heterocycles. The first-order valence-electron chi connectivity index (χ1n) is 7.62. The van der Waals surface area contributed by atoms with Crippen LogP contribution in [0.3, 0.4) is 0 Å². The Balaban J connectivity index is 1.60. The van der Waals surface area contributed by atoms with E-state index in [9.17, 15) is 4.79 Å². The first-order valence-corrected chi connectivity index (χ1v) is 7.62. The van der Waals surface area contributed by atoms with Gasteiger partial charge in [-0.05, 0) is 16.7 Å². The van der Waals surface area contributed by atoms with Crippen LogP contribution in [-0.2, 0) is 0 Å². The molecule has 0 atom stereocenters. The van der Waals surface area contributed by atoms with Gasteiger partial charge in [-0.25, -0.2) is 9.79 Å². The number of nitrogens with zero attached hydrogens (tertiary/aromatic N) is 4. The van der Waals surface area contributed by atoms with Crippen LogP contribution in [0.1, 0.15) is 16.1 Å². The summed E-state index contributed by atoms with van der Waals surface area (Å²) in [5, 5.41) is 19.1. The van der Waals surface area contributed by atoms with Gasteiger partial charge in [0, 0.05) is 5.56 Å². The Labute approximate surface area is 142 Å². The molecule has 0 saturated heterocycles. The predicted octanol–water partition coefficient (Wildman–Crippen LogP) is 2.67. The van der Waals surface area contributed by atoms with Crippen molar-refractivity contribution in [2.45, 2.75) is 0 Å². The van der Waals surface area contributed by atoms with Gasteiger partial charge in [0.1, 0.15) is 12.0 Å². The molecule has 1 aromatic heterocycles. The third-order valence-corrected chi connectivity index (χ3v) is 4.00. The summed E-state index contributed by atoms with van der Waals surface area (Å²) in [5.41, 5.74) is 5.06. The van der Waals surface area contributed by atoms with E-state index in [4.69, 9.17) is 5.11 Å². The van der Waals surface area contributed by atoms with Gasteiger partial charge in [-0.1, -0.05) is 48.5 Å². The third kappa shape index (κ3) is 2.83. The molecule has 1 aliphatic rings. The minimum atomic E-state index is -1.11. The van der Waals surface area contributed by atoms with Crippen LogP contribution in [0, 0.1) is 0 Å². The van der Waals surface area contributed by atoms with E-state index in [1.165, 1.54) is 0 Å². The predicted molar refractivity (Wildman–Crippen MR) is 94.1 cm³/mol. The maximum atomic E-state index is 11.1. The van der Waals surface area contributed by atoms with E-state index in [1.54, 1.807) is 6.34 Å². The number of aromatic amines is 1. The van der Waals surface area contributed by atoms with Gasteiger partial charge in [0.25, 0.3) is 0 Å². The number of carboxylic acids is 1. The van der Waals surface area contributed by atoms with Crippen molar-refractivity contribution < 1.29 is 9.90 Å². The highest BCUT2D eigenvalue weighted by atomic mass is 16.4. The van der Waals surface area contributed by atoms with Crippen molar-refractivity contribution in [1.29, 1.82) is 0 Å². The van der Waals surface area contributed by atoms with Crippen molar-refractivity contribution in [3.63, 3.8) is 0 Å². The van der Waals surface area contributed by atoms with Crippen molar-refractivity contribution >= 4 is 18.0 Å². The average molecular weight is 331 g/mol. The molecule has 0 aliphatic carbocycles. The highest BCUT2D eigenvalue weighted by Gasteiger charge is 2.16. The summed E-state index contributed by atoms with van der Waals surface area (Å²) in [6.45, 7) is 0.623. The van der Waals surface area contributed by atoms with Crippen molar-refractivity contribution in [3.05, 3.63) is 59.8 Å². The Morgan fingerprint density at radius 1 is 0.880 bits per heavy atom. The number of aromatic carboxylic acids is 1. The number of rotatable bonds is 4. The number of aromatic nitrogens is 3. The minimum Gasteiger partial charge on any atom is -0.476 e. The Morgan fingerprint density at radius 3 is 2.04 bits per heavy atom.